The minimum Gasteiger partial charge on any atom is -0.450 e. The number of ether oxygens (including phenoxy) is 1. The van der Waals surface area contributed by atoms with Gasteiger partial charge in [0.1, 0.15) is 0 Å². The Morgan fingerprint density at radius 1 is 0.938 bits per heavy atom. The zero-order chi connectivity index (χ0) is 23.2. The highest BCUT2D eigenvalue weighted by molar-refractivity contribution is 6.01. The topological polar surface area (TPSA) is 43.4 Å². The van der Waals surface area contributed by atoms with Crippen LogP contribution in [0.25, 0.3) is 0 Å². The lowest BCUT2D eigenvalue weighted by Crippen LogP contribution is -2.23. The average molecular weight is 439 g/mol. The molecule has 0 aliphatic heterocycles. The number of carbonyl (C=O) groups is 2. The van der Waals surface area contributed by atoms with Crippen LogP contribution >= 0.6 is 0 Å². The molecule has 0 heterocycles. The van der Waals surface area contributed by atoms with Crippen LogP contribution in [0, 0.1) is 17.8 Å². The molecule has 1 fully saturated rings. The molecule has 1 aromatic carbocycles. The molecular formula is C29H42O3. The number of Topliss-reactive ketones (excluding diaryl/α,β-unsaturated/α-hetero) is 1. The zero-order valence-electron chi connectivity index (χ0n) is 20.5. The molecule has 0 bridgehead atoms. The van der Waals surface area contributed by atoms with Crippen LogP contribution in [-0.2, 0) is 9.53 Å². The van der Waals surface area contributed by atoms with Crippen LogP contribution < -0.4 is 0 Å². The number of esters is 1. The van der Waals surface area contributed by atoms with E-state index in [0.29, 0.717) is 17.9 Å². The predicted molar refractivity (Wildman–Crippen MR) is 132 cm³/mol. The van der Waals surface area contributed by atoms with Gasteiger partial charge in [0.15, 0.2) is 6.10 Å². The maximum Gasteiger partial charge on any atom is 0.338 e. The second-order valence-corrected chi connectivity index (χ2v) is 9.36. The molecule has 3 nitrogen and oxygen atoms in total. The molecule has 0 saturated heterocycles. The van der Waals surface area contributed by atoms with Gasteiger partial charge in [0.2, 0.25) is 5.78 Å². The monoisotopic (exact) mass is 438 g/mol. The van der Waals surface area contributed by atoms with E-state index < -0.39 is 12.1 Å². The SMILES string of the molecule is CCCCC#CC(=O)C(C)OC(=O)c1ccc([C@H]2CC[C@H](CCCCCCC)CC2)cc1. The summed E-state index contributed by atoms with van der Waals surface area (Å²) in [6.45, 7) is 5.94. The largest absolute Gasteiger partial charge is 0.450 e. The quantitative estimate of drug-likeness (QED) is 0.146. The highest BCUT2D eigenvalue weighted by atomic mass is 16.5. The molecule has 1 saturated carbocycles. The van der Waals surface area contributed by atoms with Crippen LogP contribution in [0.4, 0.5) is 0 Å². The Labute approximate surface area is 195 Å². The number of ketones is 1. The lowest BCUT2D eigenvalue weighted by Gasteiger charge is -2.29. The minimum atomic E-state index is -0.839. The van der Waals surface area contributed by atoms with E-state index in [0.717, 1.165) is 18.8 Å². The van der Waals surface area contributed by atoms with E-state index in [2.05, 4.69) is 37.8 Å². The van der Waals surface area contributed by atoms with Gasteiger partial charge in [-0.1, -0.05) is 76.8 Å². The fraction of sp³-hybridized carbons (Fsp3) is 0.655. The Hall–Kier alpha value is -2.08. The van der Waals surface area contributed by atoms with Crippen LogP contribution in [0.3, 0.4) is 0 Å². The summed E-state index contributed by atoms with van der Waals surface area (Å²) >= 11 is 0. The first kappa shape index (κ1) is 26.2. The second kappa shape index (κ2) is 14.9. The Morgan fingerprint density at radius 2 is 1.59 bits per heavy atom. The number of unbranched alkanes of at least 4 members (excludes halogenated alkanes) is 6. The summed E-state index contributed by atoms with van der Waals surface area (Å²) in [5.41, 5.74) is 1.81. The summed E-state index contributed by atoms with van der Waals surface area (Å²) in [6.07, 6.45) is 15.2. The highest BCUT2D eigenvalue weighted by Gasteiger charge is 2.23. The average Bonchev–Trinajstić information content (AvgIpc) is 2.82. The second-order valence-electron chi connectivity index (χ2n) is 9.36. The van der Waals surface area contributed by atoms with Crippen molar-refractivity contribution in [1.29, 1.82) is 0 Å². The summed E-state index contributed by atoms with van der Waals surface area (Å²) in [5, 5.41) is 0. The van der Waals surface area contributed by atoms with Crippen molar-refractivity contribution < 1.29 is 14.3 Å². The third kappa shape index (κ3) is 9.19. The van der Waals surface area contributed by atoms with E-state index in [1.165, 1.54) is 69.8 Å². The van der Waals surface area contributed by atoms with Crippen molar-refractivity contribution in [1.82, 2.24) is 0 Å². The van der Waals surface area contributed by atoms with Crippen LogP contribution in [0.1, 0.15) is 126 Å². The lowest BCUT2D eigenvalue weighted by molar-refractivity contribution is -0.121. The number of hydrogen-bond acceptors (Lipinski definition) is 3. The molecule has 0 aromatic heterocycles. The summed E-state index contributed by atoms with van der Waals surface area (Å²) < 4.78 is 5.33. The van der Waals surface area contributed by atoms with Crippen molar-refractivity contribution in [3.8, 4) is 11.8 Å². The van der Waals surface area contributed by atoms with E-state index >= 15 is 0 Å². The van der Waals surface area contributed by atoms with Crippen LogP contribution in [0.15, 0.2) is 24.3 Å². The molecule has 1 unspecified atom stereocenters. The van der Waals surface area contributed by atoms with Crippen LogP contribution in [-0.4, -0.2) is 17.9 Å². The van der Waals surface area contributed by atoms with E-state index in [9.17, 15) is 9.59 Å². The van der Waals surface area contributed by atoms with Crippen LogP contribution in [0.2, 0.25) is 0 Å². The molecule has 1 atom stereocenters. The number of hydrogen-bond donors (Lipinski definition) is 0. The van der Waals surface area contributed by atoms with Gasteiger partial charge in [0.25, 0.3) is 0 Å². The maximum atomic E-state index is 12.4. The minimum absolute atomic E-state index is 0.340. The van der Waals surface area contributed by atoms with Crippen molar-refractivity contribution in [2.75, 3.05) is 0 Å². The van der Waals surface area contributed by atoms with Gasteiger partial charge < -0.3 is 4.74 Å². The lowest BCUT2D eigenvalue weighted by atomic mass is 9.77. The van der Waals surface area contributed by atoms with Crippen molar-refractivity contribution in [3.05, 3.63) is 35.4 Å². The van der Waals surface area contributed by atoms with Gasteiger partial charge in [-0.25, -0.2) is 4.79 Å². The molecule has 2 rings (SSSR count). The van der Waals surface area contributed by atoms with Gasteiger partial charge in [-0.3, -0.25) is 4.79 Å². The number of carbonyl (C=O) groups excluding carboxylic acids is 2. The first-order valence-electron chi connectivity index (χ1n) is 12.9. The molecule has 0 radical (unpaired) electrons. The van der Waals surface area contributed by atoms with Crippen LogP contribution in [0.5, 0.6) is 0 Å². The molecule has 1 aliphatic rings. The summed E-state index contributed by atoms with van der Waals surface area (Å²) in [6, 6.07) is 7.79. The molecule has 0 spiro atoms. The summed E-state index contributed by atoms with van der Waals surface area (Å²) in [5.74, 6) is 6.13. The zero-order valence-corrected chi connectivity index (χ0v) is 20.5. The summed E-state index contributed by atoms with van der Waals surface area (Å²) in [4.78, 5) is 24.4. The Kier molecular flexibility index (Phi) is 12.2. The first-order chi connectivity index (χ1) is 15.5. The Morgan fingerprint density at radius 3 is 2.25 bits per heavy atom. The fourth-order valence-corrected chi connectivity index (χ4v) is 4.51. The first-order valence-corrected chi connectivity index (χ1v) is 12.9. The third-order valence-electron chi connectivity index (χ3n) is 6.70. The smallest absolute Gasteiger partial charge is 0.338 e. The van der Waals surface area contributed by atoms with E-state index in [-0.39, 0.29) is 5.78 Å². The van der Waals surface area contributed by atoms with E-state index in [1.54, 1.807) is 6.92 Å². The molecule has 3 heteroatoms. The molecular weight excluding hydrogens is 396 g/mol. The number of benzene rings is 1. The van der Waals surface area contributed by atoms with Gasteiger partial charge in [-0.2, -0.15) is 0 Å². The molecule has 176 valence electrons. The number of rotatable bonds is 12. The molecule has 1 aromatic rings. The van der Waals surface area contributed by atoms with Gasteiger partial charge in [0.05, 0.1) is 5.56 Å². The fourth-order valence-electron chi connectivity index (χ4n) is 4.51. The molecule has 0 amide bonds. The Bertz CT molecular complexity index is 745. The molecule has 32 heavy (non-hydrogen) atoms. The van der Waals surface area contributed by atoms with Gasteiger partial charge in [-0.15, -0.1) is 0 Å². The van der Waals surface area contributed by atoms with Gasteiger partial charge >= 0.3 is 5.97 Å². The highest BCUT2D eigenvalue weighted by Crippen LogP contribution is 2.37. The van der Waals surface area contributed by atoms with Gasteiger partial charge in [-0.05, 0) is 74.5 Å². The summed E-state index contributed by atoms with van der Waals surface area (Å²) in [7, 11) is 0. The predicted octanol–water partition coefficient (Wildman–Crippen LogP) is 7.63. The third-order valence-corrected chi connectivity index (χ3v) is 6.70. The van der Waals surface area contributed by atoms with Crippen molar-refractivity contribution in [2.24, 2.45) is 5.92 Å². The molecule has 0 N–H and O–H groups in total. The normalized spacial score (nSPS) is 19.0. The van der Waals surface area contributed by atoms with Crippen molar-refractivity contribution in [2.45, 2.75) is 116 Å². The van der Waals surface area contributed by atoms with Gasteiger partial charge in [0, 0.05) is 6.42 Å². The van der Waals surface area contributed by atoms with E-state index in [4.69, 9.17) is 4.74 Å². The molecule has 1 aliphatic carbocycles. The van der Waals surface area contributed by atoms with E-state index in [1.807, 2.05) is 12.1 Å². The van der Waals surface area contributed by atoms with Crippen molar-refractivity contribution in [3.63, 3.8) is 0 Å². The Balaban J connectivity index is 1.76. The van der Waals surface area contributed by atoms with Crippen molar-refractivity contribution >= 4 is 11.8 Å². The standard InChI is InChI=1S/C29H42O3/c1-4-6-8-10-11-13-24-15-17-25(18-16-24)26-19-21-27(22-20-26)29(31)32-23(3)28(30)14-12-9-7-5-2/h19-25H,4-11,13,15-18H2,1-3H3/t23?,24-,25-. The maximum absolute atomic E-state index is 12.4.